The van der Waals surface area contributed by atoms with Gasteiger partial charge in [-0.05, 0) is 55.6 Å². The molecular formula is C18H24N6O2. The molecule has 0 unspecified atom stereocenters. The predicted octanol–water partition coefficient (Wildman–Crippen LogP) is 0.347. The fourth-order valence-electron chi connectivity index (χ4n) is 4.13. The van der Waals surface area contributed by atoms with E-state index in [-0.39, 0.29) is 24.1 Å². The van der Waals surface area contributed by atoms with Crippen LogP contribution in [-0.2, 0) is 16.0 Å². The molecule has 1 aromatic heterocycles. The molecule has 26 heavy (non-hydrogen) atoms. The molecule has 1 amide bonds. The maximum absolute atomic E-state index is 12.5. The molecule has 8 nitrogen and oxygen atoms in total. The van der Waals surface area contributed by atoms with Crippen LogP contribution in [0.4, 0.5) is 0 Å². The zero-order chi connectivity index (χ0) is 18.3. The van der Waals surface area contributed by atoms with Gasteiger partial charge in [-0.15, -0.1) is 5.10 Å². The van der Waals surface area contributed by atoms with E-state index in [1.54, 1.807) is 4.68 Å². The molecule has 4 atom stereocenters. The first-order valence-corrected chi connectivity index (χ1v) is 8.96. The summed E-state index contributed by atoms with van der Waals surface area (Å²) in [7, 11) is 4.09. The minimum absolute atomic E-state index is 0.0542. The topological polar surface area (TPSA) is 85.2 Å². The molecule has 1 aliphatic heterocycles. The highest BCUT2D eigenvalue weighted by atomic mass is 16.5. The second-order valence-corrected chi connectivity index (χ2v) is 7.32. The molecule has 0 radical (unpaired) electrons. The Balaban J connectivity index is 1.38. The number of hydrogen-bond acceptors (Lipinski definition) is 6. The number of carbonyl (C=O) groups is 1. The van der Waals surface area contributed by atoms with Crippen molar-refractivity contribution in [3.05, 3.63) is 35.7 Å². The van der Waals surface area contributed by atoms with Crippen LogP contribution in [0.15, 0.2) is 24.3 Å². The Kier molecular flexibility index (Phi) is 4.46. The van der Waals surface area contributed by atoms with Crippen LogP contribution in [0.3, 0.4) is 0 Å². The van der Waals surface area contributed by atoms with E-state index in [2.05, 4.69) is 25.7 Å². The lowest BCUT2D eigenvalue weighted by molar-refractivity contribution is -0.127. The lowest BCUT2D eigenvalue weighted by Gasteiger charge is -2.50. The first-order valence-electron chi connectivity index (χ1n) is 8.96. The van der Waals surface area contributed by atoms with E-state index in [0.717, 1.165) is 30.1 Å². The number of likely N-dealkylation sites (N-methyl/N-ethyl adjacent to an activating group) is 1. The summed E-state index contributed by atoms with van der Waals surface area (Å²) < 4.78 is 7.47. The zero-order valence-electron chi connectivity index (χ0n) is 15.3. The number of carbonyl (C=O) groups excluding carboxylic acids is 1. The van der Waals surface area contributed by atoms with Crippen molar-refractivity contribution in [3.8, 4) is 5.69 Å². The van der Waals surface area contributed by atoms with E-state index in [1.807, 2.05) is 45.3 Å². The largest absolute Gasteiger partial charge is 0.376 e. The first-order chi connectivity index (χ1) is 12.5. The number of benzene rings is 1. The maximum Gasteiger partial charge on any atom is 0.224 e. The second-order valence-electron chi connectivity index (χ2n) is 7.32. The summed E-state index contributed by atoms with van der Waals surface area (Å²) in [6.07, 6.45) is 1.65. The molecule has 1 aromatic carbocycles. The summed E-state index contributed by atoms with van der Waals surface area (Å²) in [6, 6.07) is 8.19. The Morgan fingerprint density at radius 1 is 1.35 bits per heavy atom. The number of aryl methyl sites for hydroxylation is 1. The van der Waals surface area contributed by atoms with Gasteiger partial charge in [0.25, 0.3) is 0 Å². The molecule has 1 N–H and O–H groups in total. The van der Waals surface area contributed by atoms with Crippen molar-refractivity contribution in [1.82, 2.24) is 30.4 Å². The monoisotopic (exact) mass is 356 g/mol. The van der Waals surface area contributed by atoms with Gasteiger partial charge in [0.05, 0.1) is 30.3 Å². The van der Waals surface area contributed by atoms with Crippen LogP contribution < -0.4 is 5.32 Å². The van der Waals surface area contributed by atoms with Gasteiger partial charge in [0.2, 0.25) is 5.91 Å². The van der Waals surface area contributed by atoms with Gasteiger partial charge in [-0.1, -0.05) is 12.1 Å². The minimum Gasteiger partial charge on any atom is -0.376 e. The molecular weight excluding hydrogens is 332 g/mol. The van der Waals surface area contributed by atoms with Gasteiger partial charge in [0.15, 0.2) is 5.82 Å². The average molecular weight is 356 g/mol. The van der Waals surface area contributed by atoms with Crippen molar-refractivity contribution in [2.45, 2.75) is 38.0 Å². The summed E-state index contributed by atoms with van der Waals surface area (Å²) >= 11 is 0. The fourth-order valence-corrected chi connectivity index (χ4v) is 4.13. The van der Waals surface area contributed by atoms with Crippen LogP contribution in [0.2, 0.25) is 0 Å². The van der Waals surface area contributed by atoms with Crippen molar-refractivity contribution >= 4 is 5.91 Å². The van der Waals surface area contributed by atoms with E-state index in [9.17, 15) is 4.79 Å². The van der Waals surface area contributed by atoms with Crippen LogP contribution in [0.5, 0.6) is 0 Å². The fraction of sp³-hybridized carbons (Fsp3) is 0.556. The van der Waals surface area contributed by atoms with E-state index < -0.39 is 0 Å². The summed E-state index contributed by atoms with van der Waals surface area (Å²) in [5, 5.41) is 14.7. The molecule has 1 saturated heterocycles. The number of rotatable bonds is 5. The van der Waals surface area contributed by atoms with Gasteiger partial charge in [0, 0.05) is 12.5 Å². The van der Waals surface area contributed by atoms with Crippen LogP contribution in [0, 0.1) is 12.8 Å². The maximum atomic E-state index is 12.5. The smallest absolute Gasteiger partial charge is 0.224 e. The van der Waals surface area contributed by atoms with Gasteiger partial charge in [0.1, 0.15) is 0 Å². The molecule has 138 valence electrons. The molecule has 0 spiro atoms. The molecule has 2 aliphatic rings. The summed E-state index contributed by atoms with van der Waals surface area (Å²) in [4.78, 5) is 14.7. The minimum atomic E-state index is 0.0542. The van der Waals surface area contributed by atoms with Crippen LogP contribution >= 0.6 is 0 Å². The Bertz CT molecular complexity index is 787. The predicted molar refractivity (Wildman–Crippen MR) is 94.8 cm³/mol. The number of hydrogen-bond donors (Lipinski definition) is 1. The van der Waals surface area contributed by atoms with E-state index in [4.69, 9.17) is 4.74 Å². The normalized spacial score (nSPS) is 27.2. The molecule has 0 bridgehead atoms. The third-order valence-electron chi connectivity index (χ3n) is 5.44. The third-order valence-corrected chi connectivity index (χ3v) is 5.44. The number of nitrogens with one attached hydrogen (secondary N) is 1. The third kappa shape index (κ3) is 2.99. The number of fused-ring (bicyclic) bond motifs is 1. The quantitative estimate of drug-likeness (QED) is 0.832. The summed E-state index contributed by atoms with van der Waals surface area (Å²) in [5.74, 6) is 1.22. The zero-order valence-corrected chi connectivity index (χ0v) is 15.3. The number of amides is 1. The second kappa shape index (κ2) is 6.77. The molecule has 4 rings (SSSR count). The standard InChI is InChI=1S/C18H24N6O2/c1-11-20-21-22-24(11)13-6-4-12(5-7-13)10-15(25)19-16-14-8-9-26-18(14)17(16)23(2)3/h4-7,14,16-18H,8-10H2,1-3H3,(H,19,25)/t14-,16+,17-,18-/m0/s1. The Hall–Kier alpha value is -2.32. The van der Waals surface area contributed by atoms with Crippen LogP contribution in [-0.4, -0.2) is 69.9 Å². The highest BCUT2D eigenvalue weighted by Gasteiger charge is 2.55. The molecule has 1 aliphatic carbocycles. The van der Waals surface area contributed by atoms with Crippen molar-refractivity contribution in [2.75, 3.05) is 20.7 Å². The first kappa shape index (κ1) is 17.1. The van der Waals surface area contributed by atoms with Gasteiger partial charge in [-0.25, -0.2) is 0 Å². The Labute approximate surface area is 152 Å². The van der Waals surface area contributed by atoms with Gasteiger partial charge >= 0.3 is 0 Å². The van der Waals surface area contributed by atoms with Crippen molar-refractivity contribution in [3.63, 3.8) is 0 Å². The van der Waals surface area contributed by atoms with Crippen molar-refractivity contribution in [2.24, 2.45) is 5.92 Å². The molecule has 1 saturated carbocycles. The molecule has 2 heterocycles. The molecule has 8 heteroatoms. The van der Waals surface area contributed by atoms with E-state index in [1.165, 1.54) is 0 Å². The number of tetrazole rings is 1. The van der Waals surface area contributed by atoms with Crippen LogP contribution in [0.1, 0.15) is 17.8 Å². The average Bonchev–Trinajstić information content (AvgIpc) is 3.20. The summed E-state index contributed by atoms with van der Waals surface area (Å²) in [5.41, 5.74) is 1.85. The lowest BCUT2D eigenvalue weighted by atomic mass is 9.71. The van der Waals surface area contributed by atoms with Crippen molar-refractivity contribution < 1.29 is 9.53 Å². The van der Waals surface area contributed by atoms with Gasteiger partial charge in [-0.2, -0.15) is 4.68 Å². The van der Waals surface area contributed by atoms with Crippen LogP contribution in [0.25, 0.3) is 5.69 Å². The van der Waals surface area contributed by atoms with E-state index >= 15 is 0 Å². The highest BCUT2D eigenvalue weighted by Crippen LogP contribution is 2.41. The van der Waals surface area contributed by atoms with E-state index in [0.29, 0.717) is 12.3 Å². The SMILES string of the molecule is Cc1nnnn1-c1ccc(CC(=O)N[C@@H]2[C@@H]3CCO[C@@H]3[C@H]2N(C)C)cc1. The van der Waals surface area contributed by atoms with Gasteiger partial charge in [-0.3, -0.25) is 4.79 Å². The number of aromatic nitrogens is 4. The number of nitrogens with zero attached hydrogens (tertiary/aromatic N) is 5. The summed E-state index contributed by atoms with van der Waals surface area (Å²) in [6.45, 7) is 2.64. The molecule has 2 fully saturated rings. The lowest BCUT2D eigenvalue weighted by Crippen LogP contribution is -2.69. The molecule has 2 aromatic rings. The van der Waals surface area contributed by atoms with Crippen molar-refractivity contribution in [1.29, 1.82) is 0 Å². The highest BCUT2D eigenvalue weighted by molar-refractivity contribution is 5.79. The van der Waals surface area contributed by atoms with Gasteiger partial charge < -0.3 is 15.0 Å². The Morgan fingerprint density at radius 3 is 2.77 bits per heavy atom. The Morgan fingerprint density at radius 2 is 2.12 bits per heavy atom. The number of ether oxygens (including phenoxy) is 1.